The van der Waals surface area contributed by atoms with E-state index in [1.165, 1.54) is 25.2 Å². The van der Waals surface area contributed by atoms with E-state index in [9.17, 15) is 0 Å². The fourth-order valence-electron chi connectivity index (χ4n) is 1.51. The Hall–Kier alpha value is -1.18. The molecule has 0 aliphatic heterocycles. The summed E-state index contributed by atoms with van der Waals surface area (Å²) in [6.45, 7) is 5.17. The Kier molecular flexibility index (Phi) is 5.76. The van der Waals surface area contributed by atoms with Crippen LogP contribution in [0.4, 0.5) is 5.69 Å². The van der Waals surface area contributed by atoms with Crippen LogP contribution < -0.4 is 10.5 Å². The van der Waals surface area contributed by atoms with Gasteiger partial charge in [0.2, 0.25) is 0 Å². The maximum absolute atomic E-state index is 5.61. The fraction of sp³-hybridized carbons (Fsp3) is 0.500. The molecule has 0 unspecified atom stereocenters. The van der Waals surface area contributed by atoms with Crippen molar-refractivity contribution in [3.05, 3.63) is 30.2 Å². The molecule has 2 heteroatoms. The Morgan fingerprint density at radius 2 is 1.75 bits per heavy atom. The second-order valence-electron chi connectivity index (χ2n) is 4.44. The molecule has 0 amide bonds. The van der Waals surface area contributed by atoms with E-state index in [4.69, 9.17) is 10.5 Å². The summed E-state index contributed by atoms with van der Waals surface area (Å²) in [5.74, 6) is 2.42. The highest BCUT2D eigenvalue weighted by Crippen LogP contribution is 2.14. The summed E-state index contributed by atoms with van der Waals surface area (Å²) in [4.78, 5) is 0. The maximum Gasteiger partial charge on any atom is 0.119 e. The number of hydrogen-bond donors (Lipinski definition) is 1. The van der Waals surface area contributed by atoms with Crippen LogP contribution in [0, 0.1) is 5.92 Å². The Morgan fingerprint density at radius 1 is 1.06 bits per heavy atom. The van der Waals surface area contributed by atoms with E-state index in [0.717, 1.165) is 24.5 Å². The summed E-state index contributed by atoms with van der Waals surface area (Å²) in [6.07, 6.45) is 4.87. The summed E-state index contributed by atoms with van der Waals surface area (Å²) in [5, 5.41) is 0. The fourth-order valence-corrected chi connectivity index (χ4v) is 1.51. The molecule has 0 saturated carbocycles. The largest absolute Gasteiger partial charge is 0.494 e. The Bertz CT molecular complexity index is 279. The molecular weight excluding hydrogens is 198 g/mol. The molecule has 0 fully saturated rings. The number of anilines is 1. The number of rotatable bonds is 7. The lowest BCUT2D eigenvalue weighted by atomic mass is 10.1. The molecule has 0 aliphatic rings. The lowest BCUT2D eigenvalue weighted by Crippen LogP contribution is -1.97. The minimum Gasteiger partial charge on any atom is -0.494 e. The third kappa shape index (κ3) is 5.64. The predicted octanol–water partition coefficient (Wildman–Crippen LogP) is 3.82. The first-order valence-corrected chi connectivity index (χ1v) is 5.96. The van der Waals surface area contributed by atoms with Crippen molar-refractivity contribution >= 4 is 5.69 Å². The molecule has 89 valence electrons. The van der Waals surface area contributed by atoms with Gasteiger partial charge in [-0.2, -0.15) is 0 Å². The van der Waals surface area contributed by atoms with E-state index in [1.807, 2.05) is 24.3 Å². The smallest absolute Gasteiger partial charge is 0.119 e. The topological polar surface area (TPSA) is 35.2 Å². The molecule has 0 spiro atoms. The third-order valence-electron chi connectivity index (χ3n) is 2.47. The number of nitrogen functional groups attached to an aromatic ring is 1. The Labute approximate surface area is 98.8 Å². The molecule has 1 aromatic carbocycles. The van der Waals surface area contributed by atoms with Gasteiger partial charge in [0.1, 0.15) is 5.75 Å². The molecule has 2 N–H and O–H groups in total. The lowest BCUT2D eigenvalue weighted by molar-refractivity contribution is 0.305. The SMILES string of the molecule is C[C](C)CCCCCOc1ccc(N)cc1. The van der Waals surface area contributed by atoms with Crippen LogP contribution in [0.3, 0.4) is 0 Å². The highest BCUT2D eigenvalue weighted by molar-refractivity contribution is 5.41. The Balaban J connectivity index is 2.05. The van der Waals surface area contributed by atoms with Crippen molar-refractivity contribution in [1.29, 1.82) is 0 Å². The molecule has 1 rings (SSSR count). The molecular formula is C14H22NO. The normalized spacial score (nSPS) is 10.7. The number of nitrogens with two attached hydrogens (primary N) is 1. The van der Waals surface area contributed by atoms with E-state index < -0.39 is 0 Å². The molecule has 1 radical (unpaired) electrons. The summed E-state index contributed by atoms with van der Waals surface area (Å²) in [6, 6.07) is 7.56. The molecule has 2 nitrogen and oxygen atoms in total. The van der Waals surface area contributed by atoms with Crippen molar-refractivity contribution in [2.24, 2.45) is 0 Å². The van der Waals surface area contributed by atoms with Crippen LogP contribution in [-0.4, -0.2) is 6.61 Å². The van der Waals surface area contributed by atoms with E-state index in [1.54, 1.807) is 0 Å². The molecule has 0 aromatic heterocycles. The first kappa shape index (κ1) is 12.9. The zero-order valence-corrected chi connectivity index (χ0v) is 10.3. The number of hydrogen-bond acceptors (Lipinski definition) is 2. The van der Waals surface area contributed by atoms with Crippen molar-refractivity contribution < 1.29 is 4.74 Å². The summed E-state index contributed by atoms with van der Waals surface area (Å²) in [5.41, 5.74) is 6.37. The zero-order chi connectivity index (χ0) is 11.8. The number of ether oxygens (including phenoxy) is 1. The van der Waals surface area contributed by atoms with Gasteiger partial charge in [-0.25, -0.2) is 0 Å². The lowest BCUT2D eigenvalue weighted by Gasteiger charge is -2.07. The van der Waals surface area contributed by atoms with Crippen LogP contribution in [-0.2, 0) is 0 Å². The summed E-state index contributed by atoms with van der Waals surface area (Å²) >= 11 is 0. The first-order valence-electron chi connectivity index (χ1n) is 5.96. The quantitative estimate of drug-likeness (QED) is 0.560. The molecule has 0 saturated heterocycles. The van der Waals surface area contributed by atoms with E-state index in [-0.39, 0.29) is 0 Å². The van der Waals surface area contributed by atoms with Gasteiger partial charge in [-0.05, 0) is 43.0 Å². The zero-order valence-electron chi connectivity index (χ0n) is 10.3. The number of benzene rings is 1. The standard InChI is InChI=1S/C14H22NO/c1-12(2)6-4-3-5-11-16-14-9-7-13(15)8-10-14/h7-10H,3-6,11,15H2,1-2H3. The summed E-state index contributed by atoms with van der Waals surface area (Å²) < 4.78 is 5.61. The first-order chi connectivity index (χ1) is 7.68. The van der Waals surface area contributed by atoms with E-state index >= 15 is 0 Å². The molecule has 0 aliphatic carbocycles. The van der Waals surface area contributed by atoms with Gasteiger partial charge in [0.25, 0.3) is 0 Å². The van der Waals surface area contributed by atoms with Crippen LogP contribution >= 0.6 is 0 Å². The van der Waals surface area contributed by atoms with E-state index in [2.05, 4.69) is 13.8 Å². The highest BCUT2D eigenvalue weighted by Gasteiger charge is 1.96. The van der Waals surface area contributed by atoms with Crippen molar-refractivity contribution in [3.8, 4) is 5.75 Å². The van der Waals surface area contributed by atoms with Crippen LogP contribution in [0.15, 0.2) is 24.3 Å². The Morgan fingerprint density at radius 3 is 2.38 bits per heavy atom. The van der Waals surface area contributed by atoms with Gasteiger partial charge in [-0.15, -0.1) is 0 Å². The maximum atomic E-state index is 5.61. The van der Waals surface area contributed by atoms with Crippen LogP contribution in [0.2, 0.25) is 0 Å². The van der Waals surface area contributed by atoms with Crippen LogP contribution in [0.5, 0.6) is 5.75 Å². The number of unbranched alkanes of at least 4 members (excludes halogenated alkanes) is 2. The monoisotopic (exact) mass is 220 g/mol. The predicted molar refractivity (Wildman–Crippen MR) is 69.4 cm³/mol. The van der Waals surface area contributed by atoms with Crippen molar-refractivity contribution in [1.82, 2.24) is 0 Å². The van der Waals surface area contributed by atoms with Crippen LogP contribution in [0.1, 0.15) is 39.5 Å². The van der Waals surface area contributed by atoms with Crippen molar-refractivity contribution in [3.63, 3.8) is 0 Å². The molecule has 1 aromatic rings. The van der Waals surface area contributed by atoms with Gasteiger partial charge in [0.05, 0.1) is 6.61 Å². The molecule has 0 bridgehead atoms. The molecule has 0 heterocycles. The van der Waals surface area contributed by atoms with Gasteiger partial charge in [-0.1, -0.05) is 26.7 Å². The van der Waals surface area contributed by atoms with E-state index in [0.29, 0.717) is 0 Å². The van der Waals surface area contributed by atoms with Gasteiger partial charge < -0.3 is 10.5 Å². The van der Waals surface area contributed by atoms with Gasteiger partial charge >= 0.3 is 0 Å². The van der Waals surface area contributed by atoms with Crippen molar-refractivity contribution in [2.45, 2.75) is 39.5 Å². The average molecular weight is 220 g/mol. The minimum atomic E-state index is 0.779. The molecule has 16 heavy (non-hydrogen) atoms. The van der Waals surface area contributed by atoms with Gasteiger partial charge in [-0.3, -0.25) is 0 Å². The van der Waals surface area contributed by atoms with Crippen molar-refractivity contribution in [2.75, 3.05) is 12.3 Å². The average Bonchev–Trinajstić information content (AvgIpc) is 2.25. The van der Waals surface area contributed by atoms with Crippen LogP contribution in [0.25, 0.3) is 0 Å². The second kappa shape index (κ2) is 7.15. The summed E-state index contributed by atoms with van der Waals surface area (Å²) in [7, 11) is 0. The van der Waals surface area contributed by atoms with Gasteiger partial charge in [0, 0.05) is 5.69 Å². The van der Waals surface area contributed by atoms with Gasteiger partial charge in [0.15, 0.2) is 0 Å². The second-order valence-corrected chi connectivity index (χ2v) is 4.44. The molecule has 0 atom stereocenters. The third-order valence-corrected chi connectivity index (χ3v) is 2.47. The highest BCUT2D eigenvalue weighted by atomic mass is 16.5. The minimum absolute atomic E-state index is 0.779.